The molecule has 0 radical (unpaired) electrons. The normalized spacial score (nSPS) is 11.4. The number of hydrogen-bond acceptors (Lipinski definition) is 6. The molecule has 31 heavy (non-hydrogen) atoms. The van der Waals surface area contributed by atoms with Crippen LogP contribution < -0.4 is 10.1 Å². The van der Waals surface area contributed by atoms with Crippen LogP contribution in [0.4, 0.5) is 0 Å². The van der Waals surface area contributed by atoms with Crippen LogP contribution in [0.5, 0.6) is 5.75 Å². The fourth-order valence-electron chi connectivity index (χ4n) is 2.91. The van der Waals surface area contributed by atoms with E-state index in [1.165, 1.54) is 0 Å². The number of amides is 1. The molecule has 0 bridgehead atoms. The maximum Gasteiger partial charge on any atom is 0.255 e. The van der Waals surface area contributed by atoms with Crippen molar-refractivity contribution in [1.29, 1.82) is 0 Å². The van der Waals surface area contributed by atoms with E-state index in [9.17, 15) is 4.79 Å². The van der Waals surface area contributed by atoms with Gasteiger partial charge in [-0.2, -0.15) is 5.21 Å². The number of furan rings is 1. The summed E-state index contributed by atoms with van der Waals surface area (Å²) in [5, 5.41) is 17.2. The highest BCUT2D eigenvalue weighted by Crippen LogP contribution is 2.30. The number of nitrogens with one attached hydrogen (secondary N) is 2. The van der Waals surface area contributed by atoms with Gasteiger partial charge in [0.2, 0.25) is 5.82 Å². The third kappa shape index (κ3) is 4.81. The van der Waals surface area contributed by atoms with Crippen LogP contribution in [0.15, 0.2) is 65.1 Å². The van der Waals surface area contributed by atoms with E-state index in [2.05, 4.69) is 25.9 Å². The third-order valence-corrected chi connectivity index (χ3v) is 4.83. The Bertz CT molecular complexity index is 1200. The number of aromatic nitrogens is 4. The molecule has 4 rings (SSSR count). The van der Waals surface area contributed by atoms with Gasteiger partial charge in [-0.3, -0.25) is 4.79 Å². The second-order valence-electron chi connectivity index (χ2n) is 6.51. The number of H-pyrrole nitrogens is 1. The summed E-state index contributed by atoms with van der Waals surface area (Å²) in [6.45, 7) is 0.320. The molecular weight excluding hydrogens is 418 g/mol. The topological polar surface area (TPSA) is 106 Å². The minimum Gasteiger partial charge on any atom is -0.497 e. The summed E-state index contributed by atoms with van der Waals surface area (Å²) in [7, 11) is 1.60. The average Bonchev–Trinajstić information content (AvgIpc) is 3.49. The van der Waals surface area contributed by atoms with Crippen molar-refractivity contribution in [2.24, 2.45) is 0 Å². The summed E-state index contributed by atoms with van der Waals surface area (Å²) in [6.07, 6.45) is 1.56. The Morgan fingerprint density at radius 3 is 2.68 bits per heavy atom. The van der Waals surface area contributed by atoms with Crippen molar-refractivity contribution in [3.63, 3.8) is 0 Å². The molecule has 8 nitrogen and oxygen atoms in total. The van der Waals surface area contributed by atoms with Gasteiger partial charge >= 0.3 is 0 Å². The zero-order chi connectivity index (χ0) is 21.6. The Balaban J connectivity index is 1.56. The maximum absolute atomic E-state index is 12.9. The monoisotopic (exact) mass is 435 g/mol. The lowest BCUT2D eigenvalue weighted by Crippen LogP contribution is -2.24. The number of benzene rings is 2. The van der Waals surface area contributed by atoms with Gasteiger partial charge in [0.1, 0.15) is 17.3 Å². The van der Waals surface area contributed by atoms with Gasteiger partial charge < -0.3 is 14.5 Å². The number of halogens is 1. The van der Waals surface area contributed by atoms with Crippen LogP contribution in [-0.4, -0.2) is 33.6 Å². The first kappa shape index (κ1) is 20.4. The highest BCUT2D eigenvalue weighted by molar-refractivity contribution is 6.33. The molecule has 156 valence electrons. The molecule has 1 amide bonds. The molecule has 0 aliphatic carbocycles. The summed E-state index contributed by atoms with van der Waals surface area (Å²) in [5.74, 6) is 1.57. The van der Waals surface area contributed by atoms with Gasteiger partial charge in [-0.25, -0.2) is 0 Å². The van der Waals surface area contributed by atoms with Gasteiger partial charge in [-0.05, 0) is 53.3 Å². The molecule has 0 saturated heterocycles. The molecule has 2 heterocycles. The predicted octanol–water partition coefficient (Wildman–Crippen LogP) is 3.98. The molecule has 0 unspecified atom stereocenters. The third-order valence-electron chi connectivity index (χ3n) is 4.50. The first-order valence-electron chi connectivity index (χ1n) is 9.35. The highest BCUT2D eigenvalue weighted by Gasteiger charge is 2.18. The number of nitrogens with zero attached hydrogens (tertiary/aromatic N) is 3. The predicted molar refractivity (Wildman–Crippen MR) is 116 cm³/mol. The molecule has 0 spiro atoms. The standard InChI is InChI=1S/C22H18ClN5O3/c1-30-15-8-6-14(7-9-15)13-24-22(29)18(21-25-27-28-26-21)12-16-10-11-20(31-16)17-4-2-3-5-19(17)23/h2-12H,13H2,1H3,(H,24,29)(H,25,26,27,28)/b18-12+. The van der Waals surface area contributed by atoms with E-state index in [0.29, 0.717) is 23.1 Å². The number of ether oxygens (including phenoxy) is 1. The lowest BCUT2D eigenvalue weighted by Gasteiger charge is -2.07. The summed E-state index contributed by atoms with van der Waals surface area (Å²) in [5.41, 5.74) is 1.89. The van der Waals surface area contributed by atoms with Crippen molar-refractivity contribution in [2.75, 3.05) is 7.11 Å². The van der Waals surface area contributed by atoms with Gasteiger partial charge in [-0.1, -0.05) is 35.9 Å². The van der Waals surface area contributed by atoms with E-state index >= 15 is 0 Å². The first-order chi connectivity index (χ1) is 15.1. The molecule has 2 aromatic carbocycles. The van der Waals surface area contributed by atoms with Crippen LogP contribution in [0.2, 0.25) is 5.02 Å². The molecule has 9 heteroatoms. The minimum atomic E-state index is -0.368. The summed E-state index contributed by atoms with van der Waals surface area (Å²) < 4.78 is 11.0. The fraction of sp³-hybridized carbons (Fsp3) is 0.0909. The van der Waals surface area contributed by atoms with Gasteiger partial charge in [0.25, 0.3) is 5.91 Å². The Morgan fingerprint density at radius 2 is 1.97 bits per heavy atom. The number of aromatic amines is 1. The van der Waals surface area contributed by atoms with Crippen LogP contribution >= 0.6 is 11.6 Å². The van der Waals surface area contributed by atoms with Crippen molar-refractivity contribution in [1.82, 2.24) is 25.9 Å². The van der Waals surface area contributed by atoms with Crippen molar-refractivity contribution in [3.8, 4) is 17.1 Å². The first-order valence-corrected chi connectivity index (χ1v) is 9.73. The minimum absolute atomic E-state index is 0.155. The molecule has 2 aromatic heterocycles. The number of hydrogen-bond donors (Lipinski definition) is 2. The van der Waals surface area contributed by atoms with E-state index in [1.807, 2.05) is 42.5 Å². The Kier molecular flexibility index (Phi) is 6.09. The number of rotatable bonds is 7. The number of tetrazole rings is 1. The number of carbonyl (C=O) groups excluding carboxylic acids is 1. The van der Waals surface area contributed by atoms with Crippen molar-refractivity contribution < 1.29 is 13.9 Å². The zero-order valence-electron chi connectivity index (χ0n) is 16.5. The smallest absolute Gasteiger partial charge is 0.255 e. The van der Waals surface area contributed by atoms with E-state index in [4.69, 9.17) is 20.8 Å². The Hall–Kier alpha value is -3.91. The summed E-state index contributed by atoms with van der Waals surface area (Å²) in [4.78, 5) is 12.9. The average molecular weight is 436 g/mol. The van der Waals surface area contributed by atoms with Gasteiger partial charge in [0.05, 0.1) is 17.7 Å². The quantitative estimate of drug-likeness (QED) is 0.425. The largest absolute Gasteiger partial charge is 0.497 e. The van der Waals surface area contributed by atoms with Crippen molar-refractivity contribution in [3.05, 3.63) is 82.8 Å². The van der Waals surface area contributed by atoms with Gasteiger partial charge in [0.15, 0.2) is 0 Å². The van der Waals surface area contributed by atoms with Gasteiger partial charge in [0, 0.05) is 12.1 Å². The van der Waals surface area contributed by atoms with E-state index in [-0.39, 0.29) is 17.3 Å². The van der Waals surface area contributed by atoms with E-state index < -0.39 is 0 Å². The van der Waals surface area contributed by atoms with Crippen LogP contribution in [0.3, 0.4) is 0 Å². The second-order valence-corrected chi connectivity index (χ2v) is 6.91. The SMILES string of the molecule is COc1ccc(CNC(=O)/C(=C/c2ccc(-c3ccccc3Cl)o2)c2nn[nH]n2)cc1. The molecular formula is C22H18ClN5O3. The van der Waals surface area contributed by atoms with E-state index in [0.717, 1.165) is 16.9 Å². The number of methoxy groups -OCH3 is 1. The molecule has 0 fully saturated rings. The van der Waals surface area contributed by atoms with Gasteiger partial charge in [-0.15, -0.1) is 10.2 Å². The molecule has 0 aliphatic heterocycles. The molecule has 0 atom stereocenters. The molecule has 4 aromatic rings. The van der Waals surface area contributed by atoms with Crippen molar-refractivity contribution in [2.45, 2.75) is 6.54 Å². The van der Waals surface area contributed by atoms with Crippen LogP contribution in [-0.2, 0) is 11.3 Å². The second kappa shape index (κ2) is 9.27. The number of carbonyl (C=O) groups is 1. The lowest BCUT2D eigenvalue weighted by atomic mass is 10.1. The van der Waals surface area contributed by atoms with Crippen LogP contribution in [0, 0.1) is 0 Å². The van der Waals surface area contributed by atoms with Crippen LogP contribution in [0.1, 0.15) is 17.1 Å². The fourth-order valence-corrected chi connectivity index (χ4v) is 3.14. The van der Waals surface area contributed by atoms with E-state index in [1.54, 1.807) is 31.4 Å². The maximum atomic E-state index is 12.9. The molecule has 2 N–H and O–H groups in total. The summed E-state index contributed by atoms with van der Waals surface area (Å²) in [6, 6.07) is 18.3. The zero-order valence-corrected chi connectivity index (χ0v) is 17.3. The highest BCUT2D eigenvalue weighted by atomic mass is 35.5. The Morgan fingerprint density at radius 1 is 1.16 bits per heavy atom. The molecule has 0 saturated carbocycles. The van der Waals surface area contributed by atoms with Crippen LogP contribution in [0.25, 0.3) is 23.0 Å². The molecule has 0 aliphatic rings. The van der Waals surface area contributed by atoms with Crippen molar-refractivity contribution >= 4 is 29.2 Å². The Labute approximate surface area is 182 Å². The lowest BCUT2D eigenvalue weighted by molar-refractivity contribution is -0.115. The summed E-state index contributed by atoms with van der Waals surface area (Å²) >= 11 is 6.24.